The van der Waals surface area contributed by atoms with E-state index in [0.29, 0.717) is 12.1 Å². The molecule has 1 heterocycles. The SMILES string of the molecule is O=C(NCc1cc(C(F)(F)F)cc(C(F)(F)F)c1)c1ncc[nH]1. The third-order valence-electron chi connectivity index (χ3n) is 2.81. The van der Waals surface area contributed by atoms with Crippen LogP contribution in [-0.2, 0) is 18.9 Å². The molecule has 1 aromatic carbocycles. The number of H-pyrrole nitrogens is 1. The van der Waals surface area contributed by atoms with E-state index in [1.807, 2.05) is 0 Å². The lowest BCUT2D eigenvalue weighted by atomic mass is 10.0. The van der Waals surface area contributed by atoms with Crippen molar-refractivity contribution in [2.24, 2.45) is 0 Å². The second kappa shape index (κ2) is 5.94. The summed E-state index contributed by atoms with van der Waals surface area (Å²) in [5.74, 6) is -0.853. The molecule has 124 valence electrons. The van der Waals surface area contributed by atoms with Crippen molar-refractivity contribution < 1.29 is 31.1 Å². The van der Waals surface area contributed by atoms with Gasteiger partial charge in [-0.25, -0.2) is 4.98 Å². The van der Waals surface area contributed by atoms with E-state index in [4.69, 9.17) is 0 Å². The standard InChI is InChI=1S/C13H9F6N3O/c14-12(15,16)8-3-7(4-9(5-8)13(17,18)19)6-22-11(23)10-20-1-2-21-10/h1-5H,6H2,(H,20,21)(H,22,23). The summed E-state index contributed by atoms with van der Waals surface area (Å²) >= 11 is 0. The molecule has 2 N–H and O–H groups in total. The highest BCUT2D eigenvalue weighted by molar-refractivity contribution is 5.90. The largest absolute Gasteiger partial charge is 0.416 e. The molecule has 0 fully saturated rings. The van der Waals surface area contributed by atoms with E-state index in [2.05, 4.69) is 15.3 Å². The van der Waals surface area contributed by atoms with Gasteiger partial charge in [0.05, 0.1) is 11.1 Å². The van der Waals surface area contributed by atoms with Crippen LogP contribution in [0, 0.1) is 0 Å². The molecule has 0 saturated carbocycles. The number of carbonyl (C=O) groups is 1. The first-order chi connectivity index (χ1) is 10.6. The van der Waals surface area contributed by atoms with Crippen LogP contribution in [0.3, 0.4) is 0 Å². The molecule has 2 aromatic rings. The summed E-state index contributed by atoms with van der Waals surface area (Å²) in [6.45, 7) is -0.507. The Morgan fingerprint density at radius 1 is 1.04 bits per heavy atom. The minimum absolute atomic E-state index is 0.0256. The quantitative estimate of drug-likeness (QED) is 0.844. The van der Waals surface area contributed by atoms with Crippen molar-refractivity contribution in [2.75, 3.05) is 0 Å². The third kappa shape index (κ3) is 4.24. The highest BCUT2D eigenvalue weighted by atomic mass is 19.4. The zero-order chi connectivity index (χ0) is 17.3. The lowest BCUT2D eigenvalue weighted by Gasteiger charge is -2.14. The molecule has 0 unspecified atom stereocenters. The molecule has 0 saturated heterocycles. The van der Waals surface area contributed by atoms with Crippen molar-refractivity contribution >= 4 is 5.91 Å². The fourth-order valence-corrected chi connectivity index (χ4v) is 1.78. The Balaban J connectivity index is 2.25. The van der Waals surface area contributed by atoms with Crippen LogP contribution in [-0.4, -0.2) is 15.9 Å². The number of alkyl halides is 6. The Kier molecular flexibility index (Phi) is 4.35. The van der Waals surface area contributed by atoms with Gasteiger partial charge in [-0.15, -0.1) is 0 Å². The third-order valence-corrected chi connectivity index (χ3v) is 2.81. The van der Waals surface area contributed by atoms with Gasteiger partial charge in [0.2, 0.25) is 0 Å². The summed E-state index contributed by atoms with van der Waals surface area (Å²) in [5, 5.41) is 2.19. The Labute approximate surface area is 125 Å². The van der Waals surface area contributed by atoms with Crippen molar-refractivity contribution in [3.05, 3.63) is 53.1 Å². The fraction of sp³-hybridized carbons (Fsp3) is 0.231. The second-order valence-corrected chi connectivity index (χ2v) is 4.53. The van der Waals surface area contributed by atoms with Gasteiger partial charge in [0.1, 0.15) is 0 Å². The van der Waals surface area contributed by atoms with Gasteiger partial charge >= 0.3 is 12.4 Å². The zero-order valence-electron chi connectivity index (χ0n) is 11.2. The normalized spacial score (nSPS) is 12.3. The number of rotatable bonds is 3. The lowest BCUT2D eigenvalue weighted by Crippen LogP contribution is -2.24. The Hall–Kier alpha value is -2.52. The molecule has 1 amide bonds. The first-order valence-corrected chi connectivity index (χ1v) is 6.13. The Bertz CT molecular complexity index is 658. The molecule has 0 bridgehead atoms. The van der Waals surface area contributed by atoms with E-state index in [0.717, 1.165) is 0 Å². The first-order valence-electron chi connectivity index (χ1n) is 6.13. The number of aromatic nitrogens is 2. The summed E-state index contributed by atoms with van der Waals surface area (Å²) in [4.78, 5) is 17.7. The average Bonchev–Trinajstić information content (AvgIpc) is 2.96. The van der Waals surface area contributed by atoms with Crippen LogP contribution < -0.4 is 5.32 Å². The van der Waals surface area contributed by atoms with E-state index < -0.39 is 35.9 Å². The molecule has 1 aromatic heterocycles. The van der Waals surface area contributed by atoms with Crippen LogP contribution in [0.1, 0.15) is 27.3 Å². The van der Waals surface area contributed by atoms with E-state index in [-0.39, 0.29) is 17.5 Å². The average molecular weight is 337 g/mol. The molecule has 23 heavy (non-hydrogen) atoms. The fourth-order valence-electron chi connectivity index (χ4n) is 1.78. The van der Waals surface area contributed by atoms with E-state index in [9.17, 15) is 31.1 Å². The number of nitrogens with one attached hydrogen (secondary N) is 2. The van der Waals surface area contributed by atoms with E-state index in [1.54, 1.807) is 0 Å². The molecule has 0 aliphatic heterocycles. The van der Waals surface area contributed by atoms with E-state index >= 15 is 0 Å². The first kappa shape index (κ1) is 16.8. The Morgan fingerprint density at radius 2 is 1.61 bits per heavy atom. The number of benzene rings is 1. The minimum atomic E-state index is -4.93. The highest BCUT2D eigenvalue weighted by Gasteiger charge is 2.36. The number of hydrogen-bond acceptors (Lipinski definition) is 2. The van der Waals surface area contributed by atoms with E-state index in [1.165, 1.54) is 12.4 Å². The van der Waals surface area contributed by atoms with Gasteiger partial charge < -0.3 is 10.3 Å². The Morgan fingerprint density at radius 3 is 2.04 bits per heavy atom. The molecule has 4 nitrogen and oxygen atoms in total. The summed E-state index contributed by atoms with van der Waals surface area (Å²) in [6.07, 6.45) is -7.23. The maximum atomic E-state index is 12.7. The second-order valence-electron chi connectivity index (χ2n) is 4.53. The van der Waals surface area contributed by atoms with Gasteiger partial charge in [0.15, 0.2) is 5.82 Å². The van der Waals surface area contributed by atoms with Gasteiger partial charge in [-0.05, 0) is 23.8 Å². The van der Waals surface area contributed by atoms with Crippen LogP contribution in [0.25, 0.3) is 0 Å². The van der Waals surface area contributed by atoms with Crippen LogP contribution in [0.15, 0.2) is 30.6 Å². The van der Waals surface area contributed by atoms with Crippen molar-refractivity contribution in [2.45, 2.75) is 18.9 Å². The maximum Gasteiger partial charge on any atom is 0.416 e. The molecule has 10 heteroatoms. The van der Waals surface area contributed by atoms with Crippen molar-refractivity contribution in [1.29, 1.82) is 0 Å². The van der Waals surface area contributed by atoms with Gasteiger partial charge in [0.25, 0.3) is 5.91 Å². The molecular formula is C13H9F6N3O. The van der Waals surface area contributed by atoms with Gasteiger partial charge in [-0.3, -0.25) is 4.79 Å². The maximum absolute atomic E-state index is 12.7. The predicted octanol–water partition coefficient (Wildman–Crippen LogP) is 3.38. The molecule has 0 atom stereocenters. The van der Waals surface area contributed by atoms with Crippen LogP contribution in [0.5, 0.6) is 0 Å². The summed E-state index contributed by atoms with van der Waals surface area (Å²) in [7, 11) is 0. The van der Waals surface area contributed by atoms with Crippen LogP contribution in [0.4, 0.5) is 26.3 Å². The predicted molar refractivity (Wildman–Crippen MR) is 66.2 cm³/mol. The summed E-state index contributed by atoms with van der Waals surface area (Å²) in [6, 6.07) is 1.13. The molecule has 0 aliphatic carbocycles. The van der Waals surface area contributed by atoms with Gasteiger partial charge in [-0.2, -0.15) is 26.3 Å². The number of halogens is 6. The number of carbonyl (C=O) groups excluding carboxylic acids is 1. The number of amides is 1. The summed E-state index contributed by atoms with van der Waals surface area (Å²) in [5.41, 5.74) is -3.20. The van der Waals surface area contributed by atoms with Crippen molar-refractivity contribution in [1.82, 2.24) is 15.3 Å². The molecular weight excluding hydrogens is 328 g/mol. The number of imidazole rings is 1. The molecule has 0 radical (unpaired) electrons. The number of hydrogen-bond donors (Lipinski definition) is 2. The summed E-state index contributed by atoms with van der Waals surface area (Å²) < 4.78 is 76.1. The van der Waals surface area contributed by atoms with Crippen LogP contribution in [0.2, 0.25) is 0 Å². The number of aromatic amines is 1. The molecule has 0 aliphatic rings. The smallest absolute Gasteiger partial charge is 0.345 e. The number of nitrogens with zero attached hydrogens (tertiary/aromatic N) is 1. The van der Waals surface area contributed by atoms with Crippen molar-refractivity contribution in [3.63, 3.8) is 0 Å². The molecule has 2 rings (SSSR count). The van der Waals surface area contributed by atoms with Gasteiger partial charge in [0, 0.05) is 18.9 Å². The monoisotopic (exact) mass is 337 g/mol. The molecule has 0 spiro atoms. The lowest BCUT2D eigenvalue weighted by molar-refractivity contribution is -0.143. The minimum Gasteiger partial charge on any atom is -0.345 e. The topological polar surface area (TPSA) is 57.8 Å². The van der Waals surface area contributed by atoms with Crippen LogP contribution >= 0.6 is 0 Å². The highest BCUT2D eigenvalue weighted by Crippen LogP contribution is 2.36. The zero-order valence-corrected chi connectivity index (χ0v) is 11.2. The van der Waals surface area contributed by atoms with Crippen molar-refractivity contribution in [3.8, 4) is 0 Å². The van der Waals surface area contributed by atoms with Gasteiger partial charge in [-0.1, -0.05) is 0 Å².